The number of allylic oxidation sites excluding steroid dienone is 1. The summed E-state index contributed by atoms with van der Waals surface area (Å²) in [5.74, 6) is -0.285. The lowest BCUT2D eigenvalue weighted by Gasteiger charge is -2.28. The van der Waals surface area contributed by atoms with Gasteiger partial charge in [0.2, 0.25) is 0 Å². The number of hydrogen-bond donors (Lipinski definition) is 1. The minimum absolute atomic E-state index is 0.285. The Hall–Kier alpha value is -4.81. The van der Waals surface area contributed by atoms with Gasteiger partial charge in [-0.05, 0) is 48.4 Å². The number of carbonyl (C=O) groups excluding carboxylic acids is 1. The highest BCUT2D eigenvalue weighted by Gasteiger charge is 2.15. The van der Waals surface area contributed by atoms with Gasteiger partial charge in [-0.3, -0.25) is 9.78 Å². The molecule has 1 N–H and O–H groups in total. The largest absolute Gasteiger partial charge is 0.378 e. The Morgan fingerprint density at radius 1 is 1.11 bits per heavy atom. The molecule has 3 heterocycles. The summed E-state index contributed by atoms with van der Waals surface area (Å²) >= 11 is 0. The number of anilines is 2. The van der Waals surface area contributed by atoms with E-state index in [-0.39, 0.29) is 5.91 Å². The van der Waals surface area contributed by atoms with Gasteiger partial charge in [0.25, 0.3) is 5.91 Å². The zero-order valence-corrected chi connectivity index (χ0v) is 20.4. The summed E-state index contributed by atoms with van der Waals surface area (Å²) in [6, 6.07) is 16.5. The van der Waals surface area contributed by atoms with Gasteiger partial charge < -0.3 is 15.0 Å². The third-order valence-corrected chi connectivity index (χ3v) is 6.21. The summed E-state index contributed by atoms with van der Waals surface area (Å²) in [5, 5.41) is 20.7. The maximum atomic E-state index is 12.9. The summed E-state index contributed by atoms with van der Waals surface area (Å²) < 4.78 is 7.14. The van der Waals surface area contributed by atoms with E-state index in [1.165, 1.54) is 0 Å². The maximum Gasteiger partial charge on any atom is 0.255 e. The Morgan fingerprint density at radius 3 is 2.73 bits per heavy atom. The molecule has 2 aromatic carbocycles. The van der Waals surface area contributed by atoms with Crippen LogP contribution >= 0.6 is 0 Å². The van der Waals surface area contributed by atoms with Crippen molar-refractivity contribution in [1.29, 1.82) is 5.26 Å². The number of ether oxygens (including phenoxy) is 1. The minimum atomic E-state index is -0.285. The van der Waals surface area contributed by atoms with Gasteiger partial charge in [0, 0.05) is 36.1 Å². The molecular weight excluding hydrogens is 466 g/mol. The lowest BCUT2D eigenvalue weighted by molar-refractivity contribution is 0.102. The van der Waals surface area contributed by atoms with E-state index in [2.05, 4.69) is 38.2 Å². The highest BCUT2D eigenvalue weighted by atomic mass is 16.5. The SMILES string of the molecule is C=C(C#N)c1cccc(C(=O)Nc2ccc(C)c(-n3cc(-c4cncc(N5CCOCC5)c4)nn3)c2)c1. The smallest absolute Gasteiger partial charge is 0.255 e. The number of morpholine rings is 1. The summed E-state index contributed by atoms with van der Waals surface area (Å²) in [5.41, 5.74) is 6.33. The van der Waals surface area contributed by atoms with Gasteiger partial charge in [0.05, 0.1) is 48.6 Å². The van der Waals surface area contributed by atoms with Crippen molar-refractivity contribution in [2.75, 3.05) is 36.5 Å². The van der Waals surface area contributed by atoms with Crippen molar-refractivity contribution in [3.8, 4) is 23.0 Å². The van der Waals surface area contributed by atoms with Crippen molar-refractivity contribution in [1.82, 2.24) is 20.0 Å². The van der Waals surface area contributed by atoms with Crippen LogP contribution in [0.4, 0.5) is 11.4 Å². The molecule has 184 valence electrons. The first-order chi connectivity index (χ1) is 18.0. The van der Waals surface area contributed by atoms with Crippen LogP contribution in [0.2, 0.25) is 0 Å². The topological polar surface area (TPSA) is 109 Å². The highest BCUT2D eigenvalue weighted by Crippen LogP contribution is 2.25. The lowest BCUT2D eigenvalue weighted by Crippen LogP contribution is -2.36. The second kappa shape index (κ2) is 10.4. The van der Waals surface area contributed by atoms with Crippen LogP contribution in [0.15, 0.2) is 73.7 Å². The third-order valence-electron chi connectivity index (χ3n) is 6.21. The molecule has 1 amide bonds. The maximum absolute atomic E-state index is 12.9. The molecule has 37 heavy (non-hydrogen) atoms. The van der Waals surface area contributed by atoms with Crippen LogP contribution in [0.25, 0.3) is 22.5 Å². The quantitative estimate of drug-likeness (QED) is 0.401. The molecule has 1 fully saturated rings. The van der Waals surface area contributed by atoms with Gasteiger partial charge in [-0.25, -0.2) is 4.68 Å². The number of nitrogens with one attached hydrogen (secondary N) is 1. The molecule has 0 saturated carbocycles. The number of aromatic nitrogens is 4. The van der Waals surface area contributed by atoms with E-state index >= 15 is 0 Å². The average Bonchev–Trinajstić information content (AvgIpc) is 3.44. The lowest BCUT2D eigenvalue weighted by atomic mass is 10.0. The van der Waals surface area contributed by atoms with E-state index < -0.39 is 0 Å². The van der Waals surface area contributed by atoms with Gasteiger partial charge in [0.1, 0.15) is 5.69 Å². The van der Waals surface area contributed by atoms with Crippen molar-refractivity contribution < 1.29 is 9.53 Å². The molecule has 1 aliphatic rings. The predicted molar refractivity (Wildman–Crippen MR) is 141 cm³/mol. The number of rotatable bonds is 6. The van der Waals surface area contributed by atoms with Crippen molar-refractivity contribution >= 4 is 22.9 Å². The zero-order chi connectivity index (χ0) is 25.8. The number of aryl methyl sites for hydroxylation is 1. The number of carbonyl (C=O) groups is 1. The molecule has 0 bridgehead atoms. The normalized spacial score (nSPS) is 13.1. The molecule has 0 atom stereocenters. The van der Waals surface area contributed by atoms with E-state index in [9.17, 15) is 4.79 Å². The minimum Gasteiger partial charge on any atom is -0.378 e. The first-order valence-corrected chi connectivity index (χ1v) is 11.8. The molecule has 0 spiro atoms. The number of nitrogens with zero attached hydrogens (tertiary/aromatic N) is 6. The van der Waals surface area contributed by atoms with E-state index in [0.717, 1.165) is 35.6 Å². The number of benzene rings is 2. The van der Waals surface area contributed by atoms with Crippen LogP contribution in [0.5, 0.6) is 0 Å². The summed E-state index contributed by atoms with van der Waals surface area (Å²) in [7, 11) is 0. The standard InChI is InChI=1S/C28H25N7O2/c1-19-6-7-24(31-28(36)22-5-3-4-21(12-22)20(2)15-29)14-27(19)35-18-26(32-33-35)23-13-25(17-30-16-23)34-8-10-37-11-9-34/h3-7,12-14,16-18H,2,8-11H2,1H3,(H,31,36). The molecule has 1 aliphatic heterocycles. The monoisotopic (exact) mass is 491 g/mol. The molecular formula is C28H25N7O2. The van der Waals surface area contributed by atoms with Crippen LogP contribution in [-0.2, 0) is 4.74 Å². The van der Waals surface area contributed by atoms with E-state index in [4.69, 9.17) is 10.00 Å². The highest BCUT2D eigenvalue weighted by molar-refractivity contribution is 6.05. The molecule has 5 rings (SSSR count). The van der Waals surface area contributed by atoms with Crippen molar-refractivity contribution in [3.05, 3.63) is 90.4 Å². The van der Waals surface area contributed by atoms with Crippen molar-refractivity contribution in [2.45, 2.75) is 6.92 Å². The Kier molecular flexibility index (Phi) is 6.74. The fraction of sp³-hybridized carbons (Fsp3) is 0.179. The van der Waals surface area contributed by atoms with Gasteiger partial charge in [0.15, 0.2) is 0 Å². The van der Waals surface area contributed by atoms with Gasteiger partial charge in [-0.1, -0.05) is 30.0 Å². The van der Waals surface area contributed by atoms with E-state index in [1.54, 1.807) is 35.1 Å². The Bertz CT molecular complexity index is 1510. The van der Waals surface area contributed by atoms with E-state index in [0.29, 0.717) is 41.3 Å². The Labute approximate surface area is 214 Å². The Morgan fingerprint density at radius 2 is 1.92 bits per heavy atom. The number of pyridine rings is 1. The predicted octanol–water partition coefficient (Wildman–Crippen LogP) is 4.26. The van der Waals surface area contributed by atoms with Crippen LogP contribution in [0, 0.1) is 18.3 Å². The second-order valence-corrected chi connectivity index (χ2v) is 8.71. The molecule has 0 aliphatic carbocycles. The van der Waals surface area contributed by atoms with Crippen molar-refractivity contribution in [2.24, 2.45) is 0 Å². The molecule has 4 aromatic rings. The first kappa shape index (κ1) is 23.9. The molecule has 1 saturated heterocycles. The first-order valence-electron chi connectivity index (χ1n) is 11.8. The molecule has 9 heteroatoms. The van der Waals surface area contributed by atoms with Crippen LogP contribution in [0.1, 0.15) is 21.5 Å². The van der Waals surface area contributed by atoms with Crippen LogP contribution in [-0.4, -0.2) is 52.2 Å². The molecule has 0 unspecified atom stereocenters. The fourth-order valence-electron chi connectivity index (χ4n) is 4.13. The summed E-state index contributed by atoms with van der Waals surface area (Å²) in [6.45, 7) is 8.74. The average molecular weight is 492 g/mol. The number of nitriles is 1. The molecule has 0 radical (unpaired) electrons. The third kappa shape index (κ3) is 5.24. The van der Waals surface area contributed by atoms with E-state index in [1.807, 2.05) is 43.6 Å². The zero-order valence-electron chi connectivity index (χ0n) is 20.4. The number of amides is 1. The van der Waals surface area contributed by atoms with Crippen LogP contribution < -0.4 is 10.2 Å². The molecule has 2 aromatic heterocycles. The Balaban J connectivity index is 1.37. The van der Waals surface area contributed by atoms with Gasteiger partial charge >= 0.3 is 0 Å². The summed E-state index contributed by atoms with van der Waals surface area (Å²) in [6.07, 6.45) is 5.48. The second-order valence-electron chi connectivity index (χ2n) is 8.71. The van der Waals surface area contributed by atoms with Crippen molar-refractivity contribution in [3.63, 3.8) is 0 Å². The summed E-state index contributed by atoms with van der Waals surface area (Å²) in [4.78, 5) is 19.5. The van der Waals surface area contributed by atoms with Crippen LogP contribution in [0.3, 0.4) is 0 Å². The van der Waals surface area contributed by atoms with Gasteiger partial charge in [-0.15, -0.1) is 5.10 Å². The fourth-order valence-corrected chi connectivity index (χ4v) is 4.13. The molecule has 9 nitrogen and oxygen atoms in total. The number of hydrogen-bond acceptors (Lipinski definition) is 7. The van der Waals surface area contributed by atoms with Gasteiger partial charge in [-0.2, -0.15) is 5.26 Å².